The molecule has 0 heterocycles. The normalized spacial score (nSPS) is 10.9. The molecule has 0 saturated carbocycles. The van der Waals surface area contributed by atoms with E-state index in [4.69, 9.17) is 23.2 Å². The predicted octanol–water partition coefficient (Wildman–Crippen LogP) is 4.85. The summed E-state index contributed by atoms with van der Waals surface area (Å²) in [5, 5.41) is 12.6. The summed E-state index contributed by atoms with van der Waals surface area (Å²) < 4.78 is 0. The van der Waals surface area contributed by atoms with Gasteiger partial charge in [-0.05, 0) is 36.8 Å². The van der Waals surface area contributed by atoms with Gasteiger partial charge >= 0.3 is 0 Å². The average Bonchev–Trinajstić information content (AvgIpc) is 2.50. The van der Waals surface area contributed by atoms with Gasteiger partial charge in [-0.15, -0.1) is 0 Å². The number of nitriles is 1. The van der Waals surface area contributed by atoms with Crippen LogP contribution in [0, 0.1) is 18.3 Å². The quantitative estimate of drug-likeness (QED) is 0.646. The van der Waals surface area contributed by atoms with Crippen LogP contribution in [-0.2, 0) is 4.79 Å². The van der Waals surface area contributed by atoms with E-state index in [1.807, 2.05) is 37.3 Å². The van der Waals surface area contributed by atoms with Crippen LogP contribution in [-0.4, -0.2) is 5.91 Å². The lowest BCUT2D eigenvalue weighted by molar-refractivity contribution is -0.112. The number of benzene rings is 2. The molecule has 2 rings (SSSR count). The molecule has 0 bridgehead atoms. The standard InChI is InChI=1S/C17H12Cl2N2O/c1-11-2-4-12(5-3-11)8-13(10-20)17(22)21-16-9-14(18)6-7-15(16)19/h2-9H,1H3,(H,21,22)/b13-8+. The molecule has 2 aromatic rings. The number of nitrogens with zero attached hydrogens (tertiary/aromatic N) is 1. The first-order valence-corrected chi connectivity index (χ1v) is 7.20. The van der Waals surface area contributed by atoms with Crippen LogP contribution < -0.4 is 5.32 Å². The summed E-state index contributed by atoms with van der Waals surface area (Å²) in [5.41, 5.74) is 2.23. The molecule has 0 radical (unpaired) electrons. The summed E-state index contributed by atoms with van der Waals surface area (Å²) in [6.45, 7) is 1.96. The van der Waals surface area contributed by atoms with E-state index in [1.54, 1.807) is 12.1 Å². The Balaban J connectivity index is 2.24. The highest BCUT2D eigenvalue weighted by Gasteiger charge is 2.11. The third-order valence-electron chi connectivity index (χ3n) is 2.93. The lowest BCUT2D eigenvalue weighted by Gasteiger charge is -2.07. The Hall–Kier alpha value is -2.28. The van der Waals surface area contributed by atoms with Crippen molar-refractivity contribution in [3.8, 4) is 6.07 Å². The van der Waals surface area contributed by atoms with Crippen LogP contribution in [0.5, 0.6) is 0 Å². The Morgan fingerprint density at radius 2 is 1.86 bits per heavy atom. The lowest BCUT2D eigenvalue weighted by atomic mass is 10.1. The van der Waals surface area contributed by atoms with Crippen molar-refractivity contribution in [1.82, 2.24) is 0 Å². The zero-order valence-electron chi connectivity index (χ0n) is 11.7. The Labute approximate surface area is 138 Å². The van der Waals surface area contributed by atoms with Crippen molar-refractivity contribution in [1.29, 1.82) is 5.26 Å². The smallest absolute Gasteiger partial charge is 0.266 e. The highest BCUT2D eigenvalue weighted by Crippen LogP contribution is 2.25. The summed E-state index contributed by atoms with van der Waals surface area (Å²) in [4.78, 5) is 12.2. The van der Waals surface area contributed by atoms with Crippen molar-refractivity contribution in [3.05, 3.63) is 69.2 Å². The van der Waals surface area contributed by atoms with Gasteiger partial charge in [-0.3, -0.25) is 4.79 Å². The number of rotatable bonds is 3. The molecule has 0 atom stereocenters. The molecule has 5 heteroatoms. The Morgan fingerprint density at radius 3 is 2.50 bits per heavy atom. The summed E-state index contributed by atoms with van der Waals surface area (Å²) in [6.07, 6.45) is 1.52. The van der Waals surface area contributed by atoms with Gasteiger partial charge in [-0.1, -0.05) is 53.0 Å². The van der Waals surface area contributed by atoms with Gasteiger partial charge in [-0.2, -0.15) is 5.26 Å². The topological polar surface area (TPSA) is 52.9 Å². The van der Waals surface area contributed by atoms with E-state index in [9.17, 15) is 10.1 Å². The van der Waals surface area contributed by atoms with Gasteiger partial charge in [0, 0.05) is 5.02 Å². The second-order valence-electron chi connectivity index (χ2n) is 4.66. The van der Waals surface area contributed by atoms with Gasteiger partial charge in [-0.25, -0.2) is 0 Å². The van der Waals surface area contributed by atoms with Crippen molar-refractivity contribution < 1.29 is 4.79 Å². The summed E-state index contributed by atoms with van der Waals surface area (Å²) in [6, 6.07) is 14.1. The number of aryl methyl sites for hydroxylation is 1. The molecule has 1 amide bonds. The van der Waals surface area contributed by atoms with Crippen molar-refractivity contribution >= 4 is 40.9 Å². The Bertz CT molecular complexity index is 774. The lowest BCUT2D eigenvalue weighted by Crippen LogP contribution is -2.13. The fourth-order valence-corrected chi connectivity index (χ4v) is 2.10. The molecule has 0 unspecified atom stereocenters. The van der Waals surface area contributed by atoms with Crippen LogP contribution >= 0.6 is 23.2 Å². The minimum atomic E-state index is -0.535. The molecule has 0 aliphatic carbocycles. The molecule has 0 aliphatic rings. The molecule has 2 aromatic carbocycles. The second kappa shape index (κ2) is 7.13. The highest BCUT2D eigenvalue weighted by atomic mass is 35.5. The number of carbonyl (C=O) groups excluding carboxylic acids is 1. The molecule has 0 aliphatic heterocycles. The molecule has 0 saturated heterocycles. The van der Waals surface area contributed by atoms with E-state index in [0.29, 0.717) is 15.7 Å². The fourth-order valence-electron chi connectivity index (χ4n) is 1.76. The summed E-state index contributed by atoms with van der Waals surface area (Å²) in [7, 11) is 0. The van der Waals surface area contributed by atoms with Gasteiger partial charge in [0.1, 0.15) is 11.6 Å². The van der Waals surface area contributed by atoms with Crippen molar-refractivity contribution in [2.45, 2.75) is 6.92 Å². The molecule has 0 aromatic heterocycles. The van der Waals surface area contributed by atoms with Crippen molar-refractivity contribution in [2.75, 3.05) is 5.32 Å². The third kappa shape index (κ3) is 4.11. The maximum atomic E-state index is 12.2. The minimum Gasteiger partial charge on any atom is -0.320 e. The monoisotopic (exact) mass is 330 g/mol. The van der Waals surface area contributed by atoms with E-state index in [2.05, 4.69) is 5.32 Å². The van der Waals surface area contributed by atoms with E-state index in [-0.39, 0.29) is 5.57 Å². The van der Waals surface area contributed by atoms with Gasteiger partial charge in [0.05, 0.1) is 10.7 Å². The molecule has 0 fully saturated rings. The largest absolute Gasteiger partial charge is 0.320 e. The van der Waals surface area contributed by atoms with E-state index < -0.39 is 5.91 Å². The molecule has 1 N–H and O–H groups in total. The summed E-state index contributed by atoms with van der Waals surface area (Å²) in [5.74, 6) is -0.535. The van der Waals surface area contributed by atoms with Gasteiger partial charge in [0.2, 0.25) is 0 Å². The number of nitrogens with one attached hydrogen (secondary N) is 1. The molecule has 110 valence electrons. The zero-order chi connectivity index (χ0) is 16.1. The molecule has 3 nitrogen and oxygen atoms in total. The minimum absolute atomic E-state index is 0.0140. The van der Waals surface area contributed by atoms with Gasteiger partial charge < -0.3 is 5.32 Å². The van der Waals surface area contributed by atoms with Crippen LogP contribution in [0.1, 0.15) is 11.1 Å². The molecule has 22 heavy (non-hydrogen) atoms. The first-order chi connectivity index (χ1) is 10.5. The zero-order valence-corrected chi connectivity index (χ0v) is 13.2. The number of hydrogen-bond donors (Lipinski definition) is 1. The predicted molar refractivity (Wildman–Crippen MR) is 89.9 cm³/mol. The summed E-state index contributed by atoms with van der Waals surface area (Å²) >= 11 is 11.9. The SMILES string of the molecule is Cc1ccc(/C=C(\C#N)C(=O)Nc2cc(Cl)ccc2Cl)cc1. The maximum Gasteiger partial charge on any atom is 0.266 e. The van der Waals surface area contributed by atoms with E-state index >= 15 is 0 Å². The van der Waals surface area contributed by atoms with Crippen LogP contribution in [0.4, 0.5) is 5.69 Å². The molecular formula is C17H12Cl2N2O. The number of carbonyl (C=O) groups is 1. The van der Waals surface area contributed by atoms with Gasteiger partial charge in [0.15, 0.2) is 0 Å². The molecule has 0 spiro atoms. The first kappa shape index (κ1) is 16.1. The first-order valence-electron chi connectivity index (χ1n) is 6.44. The fraction of sp³-hybridized carbons (Fsp3) is 0.0588. The second-order valence-corrected chi connectivity index (χ2v) is 5.50. The van der Waals surface area contributed by atoms with E-state index in [1.165, 1.54) is 12.1 Å². The van der Waals surface area contributed by atoms with E-state index in [0.717, 1.165) is 11.1 Å². The third-order valence-corrected chi connectivity index (χ3v) is 3.49. The number of halogens is 2. The Morgan fingerprint density at radius 1 is 1.18 bits per heavy atom. The average molecular weight is 331 g/mol. The molecular weight excluding hydrogens is 319 g/mol. The van der Waals surface area contributed by atoms with Crippen LogP contribution in [0.3, 0.4) is 0 Å². The van der Waals surface area contributed by atoms with Crippen LogP contribution in [0.15, 0.2) is 48.0 Å². The Kier molecular flexibility index (Phi) is 5.21. The van der Waals surface area contributed by atoms with Crippen LogP contribution in [0.2, 0.25) is 10.0 Å². The number of hydrogen-bond acceptors (Lipinski definition) is 2. The number of anilines is 1. The maximum absolute atomic E-state index is 12.2. The van der Waals surface area contributed by atoms with Gasteiger partial charge in [0.25, 0.3) is 5.91 Å². The number of amides is 1. The highest BCUT2D eigenvalue weighted by molar-refractivity contribution is 6.36. The van der Waals surface area contributed by atoms with Crippen LogP contribution in [0.25, 0.3) is 6.08 Å². The van der Waals surface area contributed by atoms with Crippen molar-refractivity contribution in [3.63, 3.8) is 0 Å². The van der Waals surface area contributed by atoms with Crippen molar-refractivity contribution in [2.24, 2.45) is 0 Å².